The zero-order chi connectivity index (χ0) is 16.2. The fourth-order valence-electron chi connectivity index (χ4n) is 6.13. The molecule has 0 unspecified atom stereocenters. The second kappa shape index (κ2) is 5.07. The molecule has 0 bridgehead atoms. The first-order valence-electron chi connectivity index (χ1n) is 8.79. The molecule has 3 heteroatoms. The van der Waals surface area contributed by atoms with Crippen LogP contribution < -0.4 is 0 Å². The second-order valence-corrected chi connectivity index (χ2v) is 8.03. The summed E-state index contributed by atoms with van der Waals surface area (Å²) in [6, 6.07) is 5.66. The van der Waals surface area contributed by atoms with E-state index in [4.69, 9.17) is 0 Å². The molecule has 3 aliphatic carbocycles. The Labute approximate surface area is 137 Å². The van der Waals surface area contributed by atoms with E-state index in [9.17, 15) is 14.6 Å². The molecular formula is C20H25FO2. The molecule has 0 aromatic heterocycles. The highest BCUT2D eigenvalue weighted by Crippen LogP contribution is 2.67. The van der Waals surface area contributed by atoms with E-state index < -0.39 is 0 Å². The molecule has 5 atom stereocenters. The van der Waals surface area contributed by atoms with Crippen LogP contribution in [0.2, 0.25) is 0 Å². The number of aliphatic hydroxyl groups excluding tert-OH is 1. The van der Waals surface area contributed by atoms with Crippen molar-refractivity contribution < 1.29 is 14.6 Å². The Kier molecular flexibility index (Phi) is 3.35. The van der Waals surface area contributed by atoms with Gasteiger partial charge in [-0.25, -0.2) is 4.39 Å². The molecule has 0 radical (unpaired) electrons. The maximum absolute atomic E-state index is 13.4. The van der Waals surface area contributed by atoms with Crippen LogP contribution in [0.25, 0.3) is 0 Å². The number of aryl methyl sites for hydroxylation is 1. The lowest BCUT2D eigenvalue weighted by molar-refractivity contribution is -0.0533. The average molecular weight is 316 g/mol. The summed E-state index contributed by atoms with van der Waals surface area (Å²) in [6.07, 6.45) is 7.82. The molecule has 1 aromatic carbocycles. The first-order valence-corrected chi connectivity index (χ1v) is 8.79. The fourth-order valence-corrected chi connectivity index (χ4v) is 6.13. The fraction of sp³-hybridized carbons (Fsp3) is 0.600. The first-order chi connectivity index (χ1) is 11.0. The van der Waals surface area contributed by atoms with Gasteiger partial charge in [-0.2, -0.15) is 0 Å². The van der Waals surface area contributed by atoms with E-state index in [0.29, 0.717) is 17.6 Å². The van der Waals surface area contributed by atoms with Crippen LogP contribution in [-0.2, 0) is 6.42 Å². The second-order valence-electron chi connectivity index (χ2n) is 8.03. The van der Waals surface area contributed by atoms with Crippen molar-refractivity contribution in [2.24, 2.45) is 16.7 Å². The van der Waals surface area contributed by atoms with Crippen molar-refractivity contribution in [3.05, 3.63) is 41.7 Å². The third-order valence-electron chi connectivity index (χ3n) is 7.26. The Bertz CT molecular complexity index is 655. The predicted octanol–water partition coefficient (Wildman–Crippen LogP) is 4.46. The van der Waals surface area contributed by atoms with Crippen molar-refractivity contribution in [1.82, 2.24) is 0 Å². The standard InChI is InChI=1S/C20H25FO2/c1-19-8-7-16-15-3-2-14(22)12-13(15)6-9-20(16,10-11-21)17(19)4-5-18(19)23/h2-3,10-12,16-18,22-23H,4-9H2,1H3/t16-,17-,18+,19+,20+/m1/s1. The summed E-state index contributed by atoms with van der Waals surface area (Å²) < 4.78 is 13.4. The van der Waals surface area contributed by atoms with E-state index in [0.717, 1.165) is 44.9 Å². The SMILES string of the molecule is C[C@]12CC[C@@H]3c4ccc(O)cc4CC[C@@]3(C=CF)[C@@H]1CC[C@@H]2O. The minimum atomic E-state index is -0.264. The molecule has 0 amide bonds. The summed E-state index contributed by atoms with van der Waals surface area (Å²) in [5.74, 6) is 0.939. The van der Waals surface area contributed by atoms with Gasteiger partial charge >= 0.3 is 0 Å². The lowest BCUT2D eigenvalue weighted by Gasteiger charge is -2.57. The van der Waals surface area contributed by atoms with Crippen LogP contribution >= 0.6 is 0 Å². The number of aliphatic hydroxyl groups is 1. The van der Waals surface area contributed by atoms with Crippen LogP contribution in [0, 0.1) is 16.7 Å². The Morgan fingerprint density at radius 2 is 2.04 bits per heavy atom. The van der Waals surface area contributed by atoms with Crippen LogP contribution in [0.5, 0.6) is 5.75 Å². The Morgan fingerprint density at radius 3 is 2.83 bits per heavy atom. The van der Waals surface area contributed by atoms with Crippen molar-refractivity contribution >= 4 is 0 Å². The largest absolute Gasteiger partial charge is 0.508 e. The molecule has 23 heavy (non-hydrogen) atoms. The molecule has 124 valence electrons. The minimum Gasteiger partial charge on any atom is -0.508 e. The predicted molar refractivity (Wildman–Crippen MR) is 87.9 cm³/mol. The molecule has 4 rings (SSSR count). The number of hydrogen-bond donors (Lipinski definition) is 2. The van der Waals surface area contributed by atoms with E-state index in [2.05, 4.69) is 6.92 Å². The zero-order valence-electron chi connectivity index (χ0n) is 13.6. The molecule has 0 spiro atoms. The van der Waals surface area contributed by atoms with Crippen LogP contribution in [0.3, 0.4) is 0 Å². The number of aromatic hydroxyl groups is 1. The molecule has 0 aliphatic heterocycles. The van der Waals surface area contributed by atoms with Crippen molar-refractivity contribution in [3.8, 4) is 5.75 Å². The summed E-state index contributed by atoms with van der Waals surface area (Å²) >= 11 is 0. The molecule has 0 saturated heterocycles. The van der Waals surface area contributed by atoms with E-state index in [-0.39, 0.29) is 16.9 Å². The van der Waals surface area contributed by atoms with Gasteiger partial charge in [-0.1, -0.05) is 13.0 Å². The number of fused-ring (bicyclic) bond motifs is 5. The summed E-state index contributed by atoms with van der Waals surface area (Å²) in [7, 11) is 0. The van der Waals surface area contributed by atoms with E-state index in [1.165, 1.54) is 11.1 Å². The molecule has 2 nitrogen and oxygen atoms in total. The number of phenolic OH excluding ortho intramolecular Hbond substituents is 1. The van der Waals surface area contributed by atoms with Gasteiger partial charge in [0.25, 0.3) is 0 Å². The molecule has 2 N–H and O–H groups in total. The van der Waals surface area contributed by atoms with Gasteiger partial charge in [-0.15, -0.1) is 0 Å². The molecule has 2 saturated carbocycles. The minimum absolute atomic E-state index is 0.0928. The van der Waals surface area contributed by atoms with Gasteiger partial charge in [0.15, 0.2) is 0 Å². The quantitative estimate of drug-likeness (QED) is 0.803. The van der Waals surface area contributed by atoms with Gasteiger partial charge in [0.2, 0.25) is 0 Å². The summed E-state index contributed by atoms with van der Waals surface area (Å²) in [5, 5.41) is 20.3. The molecule has 2 fully saturated rings. The van der Waals surface area contributed by atoms with Crippen molar-refractivity contribution in [2.45, 2.75) is 57.5 Å². The number of benzene rings is 1. The van der Waals surface area contributed by atoms with E-state index in [1.54, 1.807) is 12.1 Å². The van der Waals surface area contributed by atoms with Gasteiger partial charge in [-0.3, -0.25) is 0 Å². The molecular weight excluding hydrogens is 291 g/mol. The maximum atomic E-state index is 13.4. The Morgan fingerprint density at radius 1 is 1.22 bits per heavy atom. The third-order valence-corrected chi connectivity index (χ3v) is 7.26. The zero-order valence-corrected chi connectivity index (χ0v) is 13.6. The van der Waals surface area contributed by atoms with Crippen LogP contribution in [0.1, 0.15) is 56.1 Å². The highest BCUT2D eigenvalue weighted by Gasteiger charge is 2.60. The average Bonchev–Trinajstić information content (AvgIpc) is 2.84. The van der Waals surface area contributed by atoms with Gasteiger partial charge in [0.05, 0.1) is 12.4 Å². The van der Waals surface area contributed by atoms with Crippen molar-refractivity contribution in [1.29, 1.82) is 0 Å². The van der Waals surface area contributed by atoms with E-state index >= 15 is 0 Å². The van der Waals surface area contributed by atoms with Crippen molar-refractivity contribution in [2.75, 3.05) is 0 Å². The summed E-state index contributed by atoms with van der Waals surface area (Å²) in [5.41, 5.74) is 2.20. The summed E-state index contributed by atoms with van der Waals surface area (Å²) in [6.45, 7) is 2.20. The van der Waals surface area contributed by atoms with Gasteiger partial charge in [0, 0.05) is 5.41 Å². The number of hydrogen-bond acceptors (Lipinski definition) is 2. The lowest BCUT2D eigenvalue weighted by Crippen LogP contribution is -2.50. The monoisotopic (exact) mass is 316 g/mol. The third kappa shape index (κ3) is 1.95. The number of allylic oxidation sites excluding steroid dienone is 1. The summed E-state index contributed by atoms with van der Waals surface area (Å²) in [4.78, 5) is 0. The highest BCUT2D eigenvalue weighted by atomic mass is 19.1. The Balaban J connectivity index is 1.84. The lowest BCUT2D eigenvalue weighted by atomic mass is 9.47. The first kappa shape index (κ1) is 15.2. The topological polar surface area (TPSA) is 40.5 Å². The number of phenols is 1. The maximum Gasteiger partial charge on any atom is 0.115 e. The smallest absolute Gasteiger partial charge is 0.115 e. The highest BCUT2D eigenvalue weighted by molar-refractivity contribution is 5.43. The molecule has 0 heterocycles. The van der Waals surface area contributed by atoms with Gasteiger partial charge in [0.1, 0.15) is 5.75 Å². The normalized spacial score (nSPS) is 42.3. The van der Waals surface area contributed by atoms with Crippen LogP contribution in [0.4, 0.5) is 4.39 Å². The number of rotatable bonds is 1. The number of halogens is 1. The Hall–Kier alpha value is -1.35. The van der Waals surface area contributed by atoms with Crippen molar-refractivity contribution in [3.63, 3.8) is 0 Å². The van der Waals surface area contributed by atoms with Gasteiger partial charge < -0.3 is 10.2 Å². The van der Waals surface area contributed by atoms with E-state index in [1.807, 2.05) is 12.1 Å². The van der Waals surface area contributed by atoms with Crippen LogP contribution in [-0.4, -0.2) is 16.3 Å². The van der Waals surface area contributed by atoms with Gasteiger partial charge in [-0.05, 0) is 85.1 Å². The van der Waals surface area contributed by atoms with Crippen LogP contribution in [0.15, 0.2) is 30.6 Å². The molecule has 3 aliphatic rings. The molecule has 1 aromatic rings.